The minimum atomic E-state index is -0.521. The Morgan fingerprint density at radius 2 is 1.89 bits per heavy atom. The molecule has 2 bridgehead atoms. The maximum absolute atomic E-state index is 12.5. The van der Waals surface area contributed by atoms with Crippen LogP contribution in [-0.2, 0) is 19.1 Å². The normalized spacial score (nSPS) is 43.6. The first-order chi connectivity index (χ1) is 13.1. The lowest BCUT2D eigenvalue weighted by Gasteiger charge is -2.67. The second-order valence-corrected chi connectivity index (χ2v) is 10.9. The molecule has 0 aliphatic heterocycles. The van der Waals surface area contributed by atoms with Crippen LogP contribution in [0.25, 0.3) is 0 Å². The van der Waals surface area contributed by atoms with E-state index in [1.54, 1.807) is 0 Å². The number of allylic oxidation sites excluding steroid dienone is 1. The second-order valence-electron chi connectivity index (χ2n) is 10.9. The number of ether oxygens (including phenoxy) is 2. The first kappa shape index (κ1) is 20.0. The van der Waals surface area contributed by atoms with E-state index in [1.807, 2.05) is 0 Å². The van der Waals surface area contributed by atoms with Crippen molar-refractivity contribution in [3.63, 3.8) is 0 Å². The highest BCUT2D eigenvalue weighted by Gasteiger charge is 2.68. The highest BCUT2D eigenvalue weighted by molar-refractivity contribution is 5.91. The summed E-state index contributed by atoms with van der Waals surface area (Å²) in [7, 11) is 1.31. The van der Waals surface area contributed by atoms with Gasteiger partial charge in [0.25, 0.3) is 0 Å². The molecule has 4 fully saturated rings. The van der Waals surface area contributed by atoms with Gasteiger partial charge in [-0.25, -0.2) is 0 Å². The SMILES string of the molecule is C=C1C[C@@H]2[C@@H](OC(=O)CC(=O)OC)C[C@H]3C(C)(C)CCC[C@]3(C)[C@]23CC[C@H]1C3. The number of fused-ring (bicyclic) bond motifs is 2. The van der Waals surface area contributed by atoms with Crippen molar-refractivity contribution in [3.05, 3.63) is 12.2 Å². The Balaban J connectivity index is 1.69. The summed E-state index contributed by atoms with van der Waals surface area (Å²) < 4.78 is 10.7. The molecule has 4 aliphatic carbocycles. The monoisotopic (exact) mass is 388 g/mol. The van der Waals surface area contributed by atoms with Gasteiger partial charge < -0.3 is 9.47 Å². The van der Waals surface area contributed by atoms with Crippen molar-refractivity contribution in [1.82, 2.24) is 0 Å². The lowest BCUT2D eigenvalue weighted by Crippen LogP contribution is -2.62. The molecule has 0 amide bonds. The van der Waals surface area contributed by atoms with Crippen LogP contribution >= 0.6 is 0 Å². The van der Waals surface area contributed by atoms with Gasteiger partial charge in [-0.05, 0) is 73.0 Å². The number of rotatable bonds is 3. The van der Waals surface area contributed by atoms with Gasteiger partial charge in [-0.3, -0.25) is 9.59 Å². The van der Waals surface area contributed by atoms with Crippen LogP contribution in [0.15, 0.2) is 12.2 Å². The second kappa shape index (κ2) is 6.60. The van der Waals surface area contributed by atoms with Crippen LogP contribution in [0.2, 0.25) is 0 Å². The quantitative estimate of drug-likeness (QED) is 0.385. The van der Waals surface area contributed by atoms with Crippen molar-refractivity contribution < 1.29 is 19.1 Å². The average Bonchev–Trinajstić information content (AvgIpc) is 3.01. The molecule has 4 heteroatoms. The van der Waals surface area contributed by atoms with Crippen molar-refractivity contribution in [2.45, 2.75) is 84.7 Å². The van der Waals surface area contributed by atoms with Gasteiger partial charge in [0.15, 0.2) is 0 Å². The van der Waals surface area contributed by atoms with E-state index in [0.717, 1.165) is 12.8 Å². The summed E-state index contributed by atoms with van der Waals surface area (Å²) in [5.74, 6) is 0.576. The van der Waals surface area contributed by atoms with Crippen molar-refractivity contribution in [3.8, 4) is 0 Å². The van der Waals surface area contributed by atoms with Gasteiger partial charge in [-0.2, -0.15) is 0 Å². The fraction of sp³-hybridized carbons (Fsp3) is 0.833. The topological polar surface area (TPSA) is 52.6 Å². The zero-order valence-corrected chi connectivity index (χ0v) is 18.0. The third-order valence-corrected chi connectivity index (χ3v) is 9.40. The molecule has 4 rings (SSSR count). The average molecular weight is 389 g/mol. The Hall–Kier alpha value is -1.32. The van der Waals surface area contributed by atoms with Crippen molar-refractivity contribution >= 4 is 11.9 Å². The van der Waals surface area contributed by atoms with E-state index >= 15 is 0 Å². The van der Waals surface area contributed by atoms with Crippen LogP contribution in [0.5, 0.6) is 0 Å². The Bertz CT molecular complexity index is 695. The molecule has 0 aromatic carbocycles. The minimum Gasteiger partial charge on any atom is -0.469 e. The summed E-state index contributed by atoms with van der Waals surface area (Å²) >= 11 is 0. The summed E-state index contributed by atoms with van der Waals surface area (Å²) in [6.07, 6.45) is 9.01. The van der Waals surface area contributed by atoms with Gasteiger partial charge in [0.05, 0.1) is 7.11 Å². The molecule has 0 aromatic heterocycles. The molecule has 0 saturated heterocycles. The number of methoxy groups -OCH3 is 1. The molecule has 0 radical (unpaired) electrons. The van der Waals surface area contributed by atoms with E-state index in [9.17, 15) is 9.59 Å². The van der Waals surface area contributed by atoms with Gasteiger partial charge in [-0.1, -0.05) is 39.3 Å². The number of carbonyl (C=O) groups is 2. The molecular formula is C24H36O4. The van der Waals surface area contributed by atoms with Gasteiger partial charge in [0.2, 0.25) is 0 Å². The molecule has 0 unspecified atom stereocenters. The van der Waals surface area contributed by atoms with Crippen molar-refractivity contribution in [2.75, 3.05) is 7.11 Å². The Morgan fingerprint density at radius 3 is 2.61 bits per heavy atom. The lowest BCUT2D eigenvalue weighted by atomic mass is 9.38. The summed E-state index contributed by atoms with van der Waals surface area (Å²) in [4.78, 5) is 24.1. The summed E-state index contributed by atoms with van der Waals surface area (Å²) in [5.41, 5.74) is 2.16. The number of carbonyl (C=O) groups excluding carboxylic acids is 2. The van der Waals surface area contributed by atoms with Crippen LogP contribution in [0, 0.1) is 34.0 Å². The highest BCUT2D eigenvalue weighted by atomic mass is 16.6. The highest BCUT2D eigenvalue weighted by Crippen LogP contribution is 2.74. The lowest BCUT2D eigenvalue weighted by molar-refractivity contribution is -0.214. The molecule has 1 spiro atoms. The standard InChI is InChI=1S/C24H36O4/c1-15-11-17-18(28-21(26)13-20(25)27-5)12-19-22(2,3)8-6-9-23(19,4)24(17)10-7-16(15)14-24/h16-19H,1,6-14H2,2-5H3/t16-,17+,18-,19-,23-,24-/m0/s1. The maximum Gasteiger partial charge on any atom is 0.317 e. The molecule has 4 aliphatic rings. The fourth-order valence-electron chi connectivity index (χ4n) is 8.06. The first-order valence-corrected chi connectivity index (χ1v) is 11.1. The maximum atomic E-state index is 12.5. The third kappa shape index (κ3) is 2.77. The van der Waals surface area contributed by atoms with Crippen LogP contribution in [0.3, 0.4) is 0 Å². The molecule has 0 heterocycles. The third-order valence-electron chi connectivity index (χ3n) is 9.40. The molecule has 6 atom stereocenters. The molecule has 156 valence electrons. The number of hydrogen-bond acceptors (Lipinski definition) is 4. The number of esters is 2. The molecule has 0 aromatic rings. The first-order valence-electron chi connectivity index (χ1n) is 11.1. The van der Waals surface area contributed by atoms with Crippen LogP contribution in [-0.4, -0.2) is 25.2 Å². The molecule has 4 saturated carbocycles. The zero-order valence-electron chi connectivity index (χ0n) is 18.0. The van der Waals surface area contributed by atoms with Crippen LogP contribution in [0.1, 0.15) is 78.6 Å². The Kier molecular flexibility index (Phi) is 4.71. The number of hydrogen-bond donors (Lipinski definition) is 0. The Morgan fingerprint density at radius 1 is 1.14 bits per heavy atom. The zero-order chi connectivity index (χ0) is 20.3. The molecule has 28 heavy (non-hydrogen) atoms. The predicted octanol–water partition coefficient (Wildman–Crippen LogP) is 5.06. The molecule has 0 N–H and O–H groups in total. The van der Waals surface area contributed by atoms with Gasteiger partial charge >= 0.3 is 11.9 Å². The van der Waals surface area contributed by atoms with E-state index in [-0.39, 0.29) is 23.4 Å². The van der Waals surface area contributed by atoms with E-state index in [1.165, 1.54) is 51.2 Å². The van der Waals surface area contributed by atoms with Crippen molar-refractivity contribution in [1.29, 1.82) is 0 Å². The summed E-state index contributed by atoms with van der Waals surface area (Å²) in [6, 6.07) is 0. The van der Waals surface area contributed by atoms with E-state index in [2.05, 4.69) is 32.1 Å². The molecular weight excluding hydrogens is 352 g/mol. The van der Waals surface area contributed by atoms with Crippen molar-refractivity contribution in [2.24, 2.45) is 34.0 Å². The molecule has 4 nitrogen and oxygen atoms in total. The van der Waals surface area contributed by atoms with Gasteiger partial charge in [-0.15, -0.1) is 0 Å². The van der Waals surface area contributed by atoms with E-state index in [4.69, 9.17) is 4.74 Å². The van der Waals surface area contributed by atoms with E-state index in [0.29, 0.717) is 23.2 Å². The summed E-state index contributed by atoms with van der Waals surface area (Å²) in [5, 5.41) is 0. The van der Waals surface area contributed by atoms with E-state index < -0.39 is 11.9 Å². The largest absolute Gasteiger partial charge is 0.469 e. The van der Waals surface area contributed by atoms with Gasteiger partial charge in [0.1, 0.15) is 12.5 Å². The van der Waals surface area contributed by atoms with Crippen LogP contribution < -0.4 is 0 Å². The Labute approximate surface area is 169 Å². The van der Waals surface area contributed by atoms with Gasteiger partial charge in [0, 0.05) is 5.92 Å². The fourth-order valence-corrected chi connectivity index (χ4v) is 8.06. The predicted molar refractivity (Wildman–Crippen MR) is 107 cm³/mol. The smallest absolute Gasteiger partial charge is 0.317 e. The summed E-state index contributed by atoms with van der Waals surface area (Å²) in [6.45, 7) is 11.8. The van der Waals surface area contributed by atoms with Crippen LogP contribution in [0.4, 0.5) is 0 Å². The minimum absolute atomic E-state index is 0.108.